The van der Waals surface area contributed by atoms with Crippen molar-refractivity contribution in [1.29, 1.82) is 0 Å². The first-order valence-corrected chi connectivity index (χ1v) is 11.1. The number of imidazole rings is 1. The van der Waals surface area contributed by atoms with Crippen molar-refractivity contribution >= 4 is 41.8 Å². The van der Waals surface area contributed by atoms with E-state index in [0.29, 0.717) is 23.8 Å². The molecule has 9 heteroatoms. The summed E-state index contributed by atoms with van der Waals surface area (Å²) in [5.41, 5.74) is 11.9. The second-order valence-corrected chi connectivity index (χ2v) is 8.42. The van der Waals surface area contributed by atoms with E-state index >= 15 is 0 Å². The number of anilines is 1. The van der Waals surface area contributed by atoms with Gasteiger partial charge in [-0.15, -0.1) is 0 Å². The van der Waals surface area contributed by atoms with Crippen molar-refractivity contribution in [2.45, 2.75) is 20.0 Å². The molecule has 0 aliphatic carbocycles. The summed E-state index contributed by atoms with van der Waals surface area (Å²) in [6.07, 6.45) is 0. The molecule has 0 bridgehead atoms. The molecule has 3 aromatic carbocycles. The predicted octanol–water partition coefficient (Wildman–Crippen LogP) is 3.30. The van der Waals surface area contributed by atoms with E-state index in [1.165, 1.54) is 10.7 Å². The molecule has 0 fully saturated rings. The Kier molecular flexibility index (Phi) is 7.11. The molecule has 0 saturated carbocycles. The van der Waals surface area contributed by atoms with Gasteiger partial charge in [0.1, 0.15) is 0 Å². The van der Waals surface area contributed by atoms with Crippen LogP contribution in [-0.2, 0) is 13.1 Å². The van der Waals surface area contributed by atoms with Crippen LogP contribution in [0.2, 0.25) is 0 Å². The number of nitrogens with zero attached hydrogens (tertiary/aromatic N) is 4. The van der Waals surface area contributed by atoms with Gasteiger partial charge in [-0.3, -0.25) is 4.79 Å². The number of para-hydroxylation sites is 2. The van der Waals surface area contributed by atoms with E-state index in [2.05, 4.69) is 10.1 Å². The number of carboxylic acid groups (broad SMARTS) is 1. The van der Waals surface area contributed by atoms with Crippen molar-refractivity contribution < 1.29 is 9.90 Å². The Balaban J connectivity index is 0.00000304. The minimum atomic E-state index is -1.01. The summed E-state index contributed by atoms with van der Waals surface area (Å²) in [6, 6.07) is 23.8. The number of rotatable bonds is 6. The van der Waals surface area contributed by atoms with Gasteiger partial charge in [0.05, 0.1) is 35.4 Å². The van der Waals surface area contributed by atoms with Gasteiger partial charge in [0.25, 0.3) is 5.56 Å². The van der Waals surface area contributed by atoms with Gasteiger partial charge in [-0.05, 0) is 53.9 Å². The van der Waals surface area contributed by atoms with E-state index in [4.69, 9.17) is 5.73 Å². The molecule has 0 amide bonds. The molecule has 0 radical (unpaired) electrons. The minimum absolute atomic E-state index is 0. The fourth-order valence-electron chi connectivity index (χ4n) is 4.21. The fourth-order valence-corrected chi connectivity index (χ4v) is 4.21. The van der Waals surface area contributed by atoms with E-state index in [9.17, 15) is 14.7 Å². The topological polar surface area (TPSA) is 116 Å². The standard InChI is InChI=1S/C27H23N5O3.Li.H/c1-17-12-24(33)32(16-19-7-5-9-21(14-19)26(34)35)30-25(17)20-8-4-6-18(13-20)15-31-23-11-3-2-10-22(23)29-27(31)28;;/h2-14H,15-16H2,1H3,(H2,28,29)(H,34,35);;. The number of carbonyl (C=O) groups is 1. The van der Waals surface area contributed by atoms with E-state index in [-0.39, 0.29) is 36.5 Å². The molecule has 5 rings (SSSR count). The number of hydrogen-bond acceptors (Lipinski definition) is 5. The summed E-state index contributed by atoms with van der Waals surface area (Å²) in [6.45, 7) is 2.57. The Morgan fingerprint density at radius 2 is 1.67 bits per heavy atom. The maximum atomic E-state index is 12.6. The fraction of sp³-hybridized carbons (Fsp3) is 0.111. The molecule has 0 spiro atoms. The van der Waals surface area contributed by atoms with Crippen LogP contribution in [0.15, 0.2) is 83.7 Å². The van der Waals surface area contributed by atoms with Crippen LogP contribution in [0.25, 0.3) is 22.3 Å². The van der Waals surface area contributed by atoms with E-state index in [0.717, 1.165) is 27.7 Å². The third kappa shape index (κ3) is 4.96. The first kappa shape index (κ1) is 25.0. The Morgan fingerprint density at radius 1 is 0.944 bits per heavy atom. The molecular formula is C27H24LiN5O3. The van der Waals surface area contributed by atoms with Gasteiger partial charge in [0.2, 0.25) is 5.95 Å². The second-order valence-electron chi connectivity index (χ2n) is 8.42. The number of nitrogens with two attached hydrogens (primary N) is 1. The molecule has 36 heavy (non-hydrogen) atoms. The van der Waals surface area contributed by atoms with Crippen molar-refractivity contribution in [1.82, 2.24) is 19.3 Å². The van der Waals surface area contributed by atoms with Crippen molar-refractivity contribution in [3.05, 3.63) is 111 Å². The van der Waals surface area contributed by atoms with Crippen molar-refractivity contribution in [2.24, 2.45) is 0 Å². The van der Waals surface area contributed by atoms with Crippen LogP contribution in [0.5, 0.6) is 0 Å². The second kappa shape index (κ2) is 10.2. The summed E-state index contributed by atoms with van der Waals surface area (Å²) >= 11 is 0. The zero-order valence-electron chi connectivity index (χ0n) is 19.0. The average molecular weight is 473 g/mol. The predicted molar refractivity (Wildman–Crippen MR) is 142 cm³/mol. The van der Waals surface area contributed by atoms with Crippen molar-refractivity contribution in [3.8, 4) is 11.3 Å². The number of carboxylic acids is 1. The van der Waals surface area contributed by atoms with Crippen LogP contribution in [0.1, 0.15) is 27.0 Å². The van der Waals surface area contributed by atoms with Crippen LogP contribution < -0.4 is 11.3 Å². The zero-order chi connectivity index (χ0) is 24.5. The third-order valence-corrected chi connectivity index (χ3v) is 5.92. The molecule has 0 aliphatic rings. The van der Waals surface area contributed by atoms with Crippen molar-refractivity contribution in [3.63, 3.8) is 0 Å². The molecule has 0 saturated heterocycles. The van der Waals surface area contributed by atoms with Gasteiger partial charge in [-0.25, -0.2) is 14.5 Å². The maximum absolute atomic E-state index is 12.6. The number of aryl methyl sites for hydroxylation is 1. The van der Waals surface area contributed by atoms with Gasteiger partial charge in [0.15, 0.2) is 0 Å². The Hall–Kier alpha value is -4.12. The first-order valence-electron chi connectivity index (χ1n) is 11.1. The zero-order valence-corrected chi connectivity index (χ0v) is 19.0. The Morgan fingerprint density at radius 3 is 2.44 bits per heavy atom. The van der Waals surface area contributed by atoms with Crippen LogP contribution in [0.3, 0.4) is 0 Å². The molecule has 0 aliphatic heterocycles. The van der Waals surface area contributed by atoms with E-state index in [1.54, 1.807) is 24.3 Å². The van der Waals surface area contributed by atoms with E-state index in [1.807, 2.05) is 60.0 Å². The van der Waals surface area contributed by atoms with Gasteiger partial charge >= 0.3 is 24.8 Å². The number of aromatic nitrogens is 4. The Bertz CT molecular complexity index is 1640. The molecule has 2 aromatic heterocycles. The molecule has 0 unspecified atom stereocenters. The van der Waals surface area contributed by atoms with Crippen molar-refractivity contribution in [2.75, 3.05) is 5.73 Å². The summed E-state index contributed by atoms with van der Waals surface area (Å²) < 4.78 is 3.32. The normalized spacial score (nSPS) is 10.8. The van der Waals surface area contributed by atoms with Gasteiger partial charge in [-0.2, -0.15) is 5.10 Å². The SMILES string of the molecule is Cc1cc(=O)n(Cc2cccc(C(=O)O)c2)nc1-c1cccc(Cn2c(N)nc3ccccc32)c1.[LiH]. The number of hydrogen-bond donors (Lipinski definition) is 2. The number of aromatic carboxylic acids is 1. The van der Waals surface area contributed by atoms with Gasteiger partial charge in [0, 0.05) is 11.6 Å². The number of nitrogen functional groups attached to an aromatic ring is 1. The first-order chi connectivity index (χ1) is 16.9. The van der Waals surface area contributed by atoms with Gasteiger partial charge < -0.3 is 15.4 Å². The van der Waals surface area contributed by atoms with Crippen LogP contribution in [0.4, 0.5) is 5.95 Å². The Labute approximate surface area is 219 Å². The van der Waals surface area contributed by atoms with Crippen LogP contribution >= 0.6 is 0 Å². The van der Waals surface area contributed by atoms with Crippen LogP contribution in [-0.4, -0.2) is 49.3 Å². The summed E-state index contributed by atoms with van der Waals surface area (Å²) in [7, 11) is 0. The summed E-state index contributed by atoms with van der Waals surface area (Å²) in [4.78, 5) is 28.4. The molecule has 0 atom stereocenters. The number of benzene rings is 3. The molecule has 2 heterocycles. The molecule has 8 nitrogen and oxygen atoms in total. The molecule has 5 aromatic rings. The summed E-state index contributed by atoms with van der Waals surface area (Å²) in [5, 5.41) is 13.9. The monoisotopic (exact) mass is 473 g/mol. The van der Waals surface area contributed by atoms with Gasteiger partial charge in [-0.1, -0.05) is 42.5 Å². The number of fused-ring (bicyclic) bond motifs is 1. The summed E-state index contributed by atoms with van der Waals surface area (Å²) in [5.74, 6) is -0.567. The van der Waals surface area contributed by atoms with Crippen LogP contribution in [0, 0.1) is 6.92 Å². The van der Waals surface area contributed by atoms with E-state index < -0.39 is 5.97 Å². The quantitative estimate of drug-likeness (QED) is 0.366. The molecular weight excluding hydrogens is 449 g/mol. The average Bonchev–Trinajstić information content (AvgIpc) is 3.16. The molecule has 176 valence electrons. The third-order valence-electron chi connectivity index (χ3n) is 5.92. The molecule has 3 N–H and O–H groups in total.